The van der Waals surface area contributed by atoms with Crippen LogP contribution in [0.15, 0.2) is 30.3 Å². The van der Waals surface area contributed by atoms with E-state index in [1.807, 2.05) is 0 Å². The zero-order valence-electron chi connectivity index (χ0n) is 16.2. The molecule has 2 aliphatic carbocycles. The van der Waals surface area contributed by atoms with E-state index in [1.54, 1.807) is 44.2 Å². The summed E-state index contributed by atoms with van der Waals surface area (Å²) in [6, 6.07) is 7.60. The van der Waals surface area contributed by atoms with Gasteiger partial charge in [0.05, 0.1) is 11.8 Å². The van der Waals surface area contributed by atoms with Gasteiger partial charge in [0.25, 0.3) is 0 Å². The second-order valence-electron chi connectivity index (χ2n) is 8.52. The Morgan fingerprint density at radius 3 is 2.14 bits per heavy atom. The number of carbonyl (C=O) groups is 4. The van der Waals surface area contributed by atoms with E-state index in [-0.39, 0.29) is 47.2 Å². The Bertz CT molecular complexity index is 789. The van der Waals surface area contributed by atoms with Gasteiger partial charge in [0.15, 0.2) is 12.4 Å². The number of imide groups is 1. The van der Waals surface area contributed by atoms with E-state index in [2.05, 4.69) is 0 Å². The van der Waals surface area contributed by atoms with Gasteiger partial charge in [0.1, 0.15) is 6.04 Å². The fourth-order valence-electron chi connectivity index (χ4n) is 5.31. The standard InChI is InChI=1S/C22H25NO5/c1-12(2)19(22(27)28-11-16(24)13-6-4-3-5-7-13)23-20(25)17-14-8-9-15(10-14)18(17)21(23)26/h3-7,12,14-15,17-19H,8-11H2,1-2H3/t14-,15+,17-,18-,19+/m0/s1. The highest BCUT2D eigenvalue weighted by molar-refractivity contribution is 6.09. The lowest BCUT2D eigenvalue weighted by atomic mass is 9.81. The third-order valence-corrected chi connectivity index (χ3v) is 6.55. The summed E-state index contributed by atoms with van der Waals surface area (Å²) >= 11 is 0. The van der Waals surface area contributed by atoms with Crippen LogP contribution in [0.1, 0.15) is 43.5 Å². The second-order valence-corrected chi connectivity index (χ2v) is 8.52. The maximum Gasteiger partial charge on any atom is 0.330 e. The molecule has 3 fully saturated rings. The number of benzene rings is 1. The number of ether oxygens (including phenoxy) is 1. The fraction of sp³-hybridized carbons (Fsp3) is 0.545. The van der Waals surface area contributed by atoms with E-state index in [0.717, 1.165) is 24.2 Å². The van der Waals surface area contributed by atoms with Gasteiger partial charge in [0, 0.05) is 5.56 Å². The molecule has 2 amide bonds. The third kappa shape index (κ3) is 2.95. The average Bonchev–Trinajstić information content (AvgIpc) is 3.36. The first-order chi connectivity index (χ1) is 13.4. The predicted molar refractivity (Wildman–Crippen MR) is 100 cm³/mol. The van der Waals surface area contributed by atoms with Crippen molar-refractivity contribution in [2.24, 2.45) is 29.6 Å². The van der Waals surface area contributed by atoms with Crippen molar-refractivity contribution in [2.45, 2.75) is 39.2 Å². The number of Topliss-reactive ketones (excluding diaryl/α,β-unsaturated/α-hetero) is 1. The van der Waals surface area contributed by atoms with E-state index in [0.29, 0.717) is 5.56 Å². The van der Waals surface area contributed by atoms with Crippen molar-refractivity contribution in [3.8, 4) is 0 Å². The van der Waals surface area contributed by atoms with E-state index in [4.69, 9.17) is 4.74 Å². The van der Waals surface area contributed by atoms with Crippen LogP contribution in [0.5, 0.6) is 0 Å². The summed E-state index contributed by atoms with van der Waals surface area (Å²) in [5.41, 5.74) is 0.454. The maximum absolute atomic E-state index is 13.0. The number of fused-ring (bicyclic) bond motifs is 5. The van der Waals surface area contributed by atoms with Gasteiger partial charge < -0.3 is 4.74 Å². The molecule has 1 aliphatic heterocycles. The van der Waals surface area contributed by atoms with Crippen LogP contribution in [-0.4, -0.2) is 41.1 Å². The summed E-state index contributed by atoms with van der Waals surface area (Å²) < 4.78 is 5.25. The van der Waals surface area contributed by atoms with Crippen LogP contribution in [0.3, 0.4) is 0 Å². The summed E-state index contributed by atoms with van der Waals surface area (Å²) in [7, 11) is 0. The molecule has 4 rings (SSSR count). The normalized spacial score (nSPS) is 29.3. The van der Waals surface area contributed by atoms with E-state index < -0.39 is 18.6 Å². The predicted octanol–water partition coefficient (Wildman–Crippen LogP) is 2.47. The Morgan fingerprint density at radius 1 is 1.04 bits per heavy atom. The molecule has 148 valence electrons. The van der Waals surface area contributed by atoms with Crippen molar-refractivity contribution in [1.82, 2.24) is 4.90 Å². The van der Waals surface area contributed by atoms with Crippen LogP contribution < -0.4 is 0 Å². The number of hydrogen-bond donors (Lipinski definition) is 0. The molecule has 6 nitrogen and oxygen atoms in total. The van der Waals surface area contributed by atoms with Gasteiger partial charge in [-0.3, -0.25) is 19.3 Å². The lowest BCUT2D eigenvalue weighted by Gasteiger charge is -2.28. The first-order valence-electron chi connectivity index (χ1n) is 10.0. The van der Waals surface area contributed by atoms with Crippen LogP contribution in [0, 0.1) is 29.6 Å². The van der Waals surface area contributed by atoms with Crippen LogP contribution in [0.25, 0.3) is 0 Å². The maximum atomic E-state index is 13.0. The molecule has 2 bridgehead atoms. The molecule has 0 aromatic heterocycles. The SMILES string of the molecule is CC(C)[C@H](C(=O)OCC(=O)c1ccccc1)N1C(=O)[C@H]2[C@@H]3CC[C@@H](C3)[C@@H]2C1=O. The number of hydrogen-bond acceptors (Lipinski definition) is 5. The molecule has 1 saturated heterocycles. The molecule has 6 heteroatoms. The molecule has 1 aromatic rings. The van der Waals surface area contributed by atoms with Crippen molar-refractivity contribution in [3.63, 3.8) is 0 Å². The van der Waals surface area contributed by atoms with E-state index in [1.165, 1.54) is 0 Å². The number of amides is 2. The van der Waals surface area contributed by atoms with Crippen LogP contribution in [-0.2, 0) is 19.1 Å². The first kappa shape index (κ1) is 18.8. The Morgan fingerprint density at radius 2 is 1.61 bits per heavy atom. The minimum Gasteiger partial charge on any atom is -0.456 e. The zero-order valence-corrected chi connectivity index (χ0v) is 16.2. The molecule has 0 unspecified atom stereocenters. The average molecular weight is 383 g/mol. The summed E-state index contributed by atoms with van der Waals surface area (Å²) in [6.07, 6.45) is 2.92. The van der Waals surface area contributed by atoms with Crippen LogP contribution in [0.2, 0.25) is 0 Å². The highest BCUT2D eigenvalue weighted by Gasteiger charge is 2.62. The summed E-state index contributed by atoms with van der Waals surface area (Å²) in [5.74, 6) is -1.76. The van der Waals surface area contributed by atoms with Crippen LogP contribution in [0.4, 0.5) is 0 Å². The van der Waals surface area contributed by atoms with Gasteiger partial charge in [-0.15, -0.1) is 0 Å². The highest BCUT2D eigenvalue weighted by Crippen LogP contribution is 2.56. The summed E-state index contributed by atoms with van der Waals surface area (Å²) in [5, 5.41) is 0. The molecular weight excluding hydrogens is 358 g/mol. The molecule has 28 heavy (non-hydrogen) atoms. The molecule has 0 radical (unpaired) electrons. The Labute approximate surface area is 164 Å². The fourth-order valence-corrected chi connectivity index (χ4v) is 5.31. The molecule has 0 N–H and O–H groups in total. The largest absolute Gasteiger partial charge is 0.456 e. The monoisotopic (exact) mass is 383 g/mol. The Hall–Kier alpha value is -2.50. The number of ketones is 1. The quantitative estimate of drug-likeness (QED) is 0.428. The molecule has 1 aromatic carbocycles. The third-order valence-electron chi connectivity index (χ3n) is 6.55. The van der Waals surface area contributed by atoms with Gasteiger partial charge in [-0.25, -0.2) is 4.79 Å². The second kappa shape index (κ2) is 7.15. The lowest BCUT2D eigenvalue weighted by Crippen LogP contribution is -2.50. The minimum atomic E-state index is -0.978. The van der Waals surface area contributed by atoms with Gasteiger partial charge in [-0.05, 0) is 37.0 Å². The minimum absolute atomic E-state index is 0.229. The number of carbonyl (C=O) groups excluding carboxylic acids is 4. The van der Waals surface area contributed by atoms with Crippen LogP contribution >= 0.6 is 0 Å². The molecule has 2 saturated carbocycles. The number of esters is 1. The molecule has 3 aliphatic rings. The topological polar surface area (TPSA) is 80.8 Å². The van der Waals surface area contributed by atoms with E-state index in [9.17, 15) is 19.2 Å². The smallest absolute Gasteiger partial charge is 0.330 e. The van der Waals surface area contributed by atoms with Crippen molar-refractivity contribution in [3.05, 3.63) is 35.9 Å². The summed E-state index contributed by atoms with van der Waals surface area (Å²) in [4.78, 5) is 52.2. The van der Waals surface area contributed by atoms with Gasteiger partial charge in [-0.2, -0.15) is 0 Å². The molecular formula is C22H25NO5. The number of rotatable bonds is 6. The summed E-state index contributed by atoms with van der Waals surface area (Å²) in [6.45, 7) is 3.17. The van der Waals surface area contributed by atoms with Gasteiger partial charge >= 0.3 is 5.97 Å². The van der Waals surface area contributed by atoms with Crippen molar-refractivity contribution in [1.29, 1.82) is 0 Å². The van der Waals surface area contributed by atoms with Gasteiger partial charge in [0.2, 0.25) is 11.8 Å². The zero-order chi connectivity index (χ0) is 20.0. The molecule has 1 heterocycles. The van der Waals surface area contributed by atoms with E-state index >= 15 is 0 Å². The molecule has 0 spiro atoms. The van der Waals surface area contributed by atoms with Crippen molar-refractivity contribution < 1.29 is 23.9 Å². The van der Waals surface area contributed by atoms with Gasteiger partial charge in [-0.1, -0.05) is 44.2 Å². The number of nitrogens with zero attached hydrogens (tertiary/aromatic N) is 1. The first-order valence-corrected chi connectivity index (χ1v) is 10.0. The van der Waals surface area contributed by atoms with Crippen molar-refractivity contribution >= 4 is 23.6 Å². The molecule has 5 atom stereocenters. The lowest BCUT2D eigenvalue weighted by molar-refractivity contribution is -0.160. The Kier molecular flexibility index (Phi) is 4.81. The highest BCUT2D eigenvalue weighted by atomic mass is 16.5. The number of likely N-dealkylation sites (tertiary alicyclic amines) is 1. The van der Waals surface area contributed by atoms with Crippen molar-refractivity contribution in [2.75, 3.05) is 6.61 Å². The Balaban J connectivity index is 1.48.